The van der Waals surface area contributed by atoms with Crippen molar-refractivity contribution >= 4 is 63.6 Å². The summed E-state index contributed by atoms with van der Waals surface area (Å²) in [6.45, 7) is 0. The molecule has 0 saturated carbocycles. The van der Waals surface area contributed by atoms with Crippen LogP contribution in [0.4, 0.5) is 11.4 Å². The number of carbonyl (C=O) groups excluding carboxylic acids is 1. The fraction of sp³-hybridized carbons (Fsp3) is 0.0556. The summed E-state index contributed by atoms with van der Waals surface area (Å²) in [4.78, 5) is 14.8. The summed E-state index contributed by atoms with van der Waals surface area (Å²) in [6, 6.07) is 14.8. The summed E-state index contributed by atoms with van der Waals surface area (Å²) >= 11 is 15.4. The normalized spacial score (nSPS) is 10.6. The molecule has 3 nitrogen and oxygen atoms in total. The van der Waals surface area contributed by atoms with Gasteiger partial charge in [0.05, 0.1) is 21.3 Å². The second-order valence-corrected chi connectivity index (χ2v) is 8.04. The summed E-state index contributed by atoms with van der Waals surface area (Å²) in [6.07, 6.45) is 0. The lowest BCUT2D eigenvalue weighted by Gasteiger charge is -2.11. The minimum absolute atomic E-state index is 0.216. The van der Waals surface area contributed by atoms with Crippen LogP contribution in [0.2, 0.25) is 10.0 Å². The first kappa shape index (κ1) is 18.1. The predicted octanol–water partition coefficient (Wildman–Crippen LogP) is 6.18. The number of carbonyl (C=O) groups is 1. The molecule has 2 aromatic carbocycles. The zero-order chi connectivity index (χ0) is 17.8. The molecule has 0 radical (unpaired) electrons. The van der Waals surface area contributed by atoms with Crippen molar-refractivity contribution in [2.45, 2.75) is 10.6 Å². The van der Waals surface area contributed by atoms with E-state index in [4.69, 9.17) is 28.9 Å². The molecule has 0 aliphatic rings. The van der Waals surface area contributed by atoms with Gasteiger partial charge in [0.15, 0.2) is 0 Å². The minimum Gasteiger partial charge on any atom is -0.396 e. The molecule has 0 aliphatic carbocycles. The number of thiophene rings is 1. The number of amides is 1. The maximum absolute atomic E-state index is 12.7. The third-order valence-corrected chi connectivity index (χ3v) is 6.23. The average molecular weight is 409 g/mol. The third kappa shape index (κ3) is 4.50. The second kappa shape index (κ2) is 8.15. The fourth-order valence-electron chi connectivity index (χ4n) is 2.18. The summed E-state index contributed by atoms with van der Waals surface area (Å²) in [5.74, 6) is 0.604. The number of hydrogen-bond acceptors (Lipinski definition) is 4. The van der Waals surface area contributed by atoms with Crippen LogP contribution in [0.3, 0.4) is 0 Å². The van der Waals surface area contributed by atoms with Crippen molar-refractivity contribution in [1.82, 2.24) is 0 Å². The maximum atomic E-state index is 12.7. The lowest BCUT2D eigenvalue weighted by Crippen LogP contribution is -2.13. The van der Waals surface area contributed by atoms with E-state index < -0.39 is 0 Å². The van der Waals surface area contributed by atoms with Gasteiger partial charge in [0, 0.05) is 21.2 Å². The molecule has 0 bridgehead atoms. The average Bonchev–Trinajstić information content (AvgIpc) is 3.11. The highest BCUT2D eigenvalue weighted by molar-refractivity contribution is 7.98. The van der Waals surface area contributed by atoms with E-state index >= 15 is 0 Å². The Morgan fingerprint density at radius 1 is 1.12 bits per heavy atom. The lowest BCUT2D eigenvalue weighted by atomic mass is 10.2. The smallest absolute Gasteiger partial charge is 0.256 e. The number of halogens is 2. The molecule has 1 amide bonds. The Morgan fingerprint density at radius 3 is 2.52 bits per heavy atom. The number of nitrogen functional groups attached to an aromatic ring is 1. The largest absolute Gasteiger partial charge is 0.396 e. The number of anilines is 2. The molecule has 0 fully saturated rings. The molecule has 0 atom stereocenters. The summed E-state index contributed by atoms with van der Waals surface area (Å²) in [5.41, 5.74) is 7.13. The van der Waals surface area contributed by atoms with Gasteiger partial charge in [-0.05, 0) is 35.7 Å². The van der Waals surface area contributed by atoms with Gasteiger partial charge in [-0.2, -0.15) is 0 Å². The van der Waals surface area contributed by atoms with Crippen LogP contribution in [0.1, 0.15) is 15.2 Å². The molecule has 128 valence electrons. The second-order valence-electron chi connectivity index (χ2n) is 5.17. The summed E-state index contributed by atoms with van der Waals surface area (Å²) < 4.78 is 0. The molecule has 3 N–H and O–H groups in total. The van der Waals surface area contributed by atoms with Crippen LogP contribution in [-0.4, -0.2) is 5.91 Å². The highest BCUT2D eigenvalue weighted by atomic mass is 35.5. The van der Waals surface area contributed by atoms with Gasteiger partial charge in [-0.1, -0.05) is 41.4 Å². The Kier molecular flexibility index (Phi) is 5.91. The molecule has 3 rings (SSSR count). The zero-order valence-corrected chi connectivity index (χ0v) is 16.1. The number of hydrogen-bond donors (Lipinski definition) is 2. The lowest BCUT2D eigenvalue weighted by molar-refractivity contribution is 0.102. The van der Waals surface area contributed by atoms with Crippen molar-refractivity contribution in [3.63, 3.8) is 0 Å². The van der Waals surface area contributed by atoms with Crippen LogP contribution in [0.15, 0.2) is 58.8 Å². The van der Waals surface area contributed by atoms with E-state index in [1.54, 1.807) is 41.3 Å². The number of thioether (sulfide) groups is 1. The Balaban J connectivity index is 1.78. The van der Waals surface area contributed by atoms with E-state index in [1.165, 1.54) is 4.88 Å². The summed E-state index contributed by atoms with van der Waals surface area (Å²) in [7, 11) is 0. The van der Waals surface area contributed by atoms with Gasteiger partial charge in [-0.15, -0.1) is 23.1 Å². The van der Waals surface area contributed by atoms with Crippen molar-refractivity contribution in [3.8, 4) is 0 Å². The molecule has 25 heavy (non-hydrogen) atoms. The van der Waals surface area contributed by atoms with Crippen LogP contribution in [0.25, 0.3) is 0 Å². The van der Waals surface area contributed by atoms with E-state index in [-0.39, 0.29) is 5.91 Å². The number of benzene rings is 2. The predicted molar refractivity (Wildman–Crippen MR) is 109 cm³/mol. The van der Waals surface area contributed by atoms with Crippen LogP contribution in [-0.2, 0) is 5.75 Å². The molecule has 0 spiro atoms. The molecule has 0 aliphatic heterocycles. The van der Waals surface area contributed by atoms with E-state index in [1.807, 2.05) is 29.6 Å². The monoisotopic (exact) mass is 408 g/mol. The molecule has 1 heterocycles. The van der Waals surface area contributed by atoms with Crippen LogP contribution >= 0.6 is 46.3 Å². The Labute approximate surface area is 164 Å². The topological polar surface area (TPSA) is 55.1 Å². The molecule has 1 aromatic heterocycles. The molecular weight excluding hydrogens is 395 g/mol. The van der Waals surface area contributed by atoms with E-state index in [9.17, 15) is 4.79 Å². The van der Waals surface area contributed by atoms with Gasteiger partial charge < -0.3 is 11.1 Å². The van der Waals surface area contributed by atoms with Gasteiger partial charge in [-0.3, -0.25) is 4.79 Å². The van der Waals surface area contributed by atoms with Crippen LogP contribution in [0.5, 0.6) is 0 Å². The van der Waals surface area contributed by atoms with Gasteiger partial charge in [0.2, 0.25) is 0 Å². The Hall–Kier alpha value is -1.66. The van der Waals surface area contributed by atoms with Crippen molar-refractivity contribution in [2.75, 3.05) is 11.1 Å². The van der Waals surface area contributed by atoms with Gasteiger partial charge in [-0.25, -0.2) is 0 Å². The number of nitrogens with two attached hydrogens (primary N) is 1. The van der Waals surface area contributed by atoms with Gasteiger partial charge in [0.1, 0.15) is 0 Å². The summed E-state index contributed by atoms with van der Waals surface area (Å²) in [5, 5.41) is 5.49. The molecule has 0 saturated heterocycles. The SMILES string of the molecule is Nc1c(Cl)cc(NC(=O)c2ccccc2SCc2cccs2)cc1Cl. The first-order valence-electron chi connectivity index (χ1n) is 7.34. The quantitative estimate of drug-likeness (QED) is 0.391. The molecule has 7 heteroatoms. The Morgan fingerprint density at radius 2 is 1.84 bits per heavy atom. The minimum atomic E-state index is -0.216. The number of nitrogens with one attached hydrogen (secondary N) is 1. The first-order valence-corrected chi connectivity index (χ1v) is 9.97. The highest BCUT2D eigenvalue weighted by Crippen LogP contribution is 2.32. The van der Waals surface area contributed by atoms with Crippen molar-refractivity contribution in [2.24, 2.45) is 0 Å². The standard InChI is InChI=1S/C18H14Cl2N2OS2/c19-14-8-11(9-15(20)17(14)21)22-18(23)13-5-1-2-6-16(13)25-10-12-4-3-7-24-12/h1-9H,10,21H2,(H,22,23). The van der Waals surface area contributed by atoms with E-state index in [0.717, 1.165) is 10.6 Å². The third-order valence-electron chi connectivity index (χ3n) is 3.42. The van der Waals surface area contributed by atoms with Crippen molar-refractivity contribution in [3.05, 3.63) is 74.4 Å². The molecule has 3 aromatic rings. The highest BCUT2D eigenvalue weighted by Gasteiger charge is 2.13. The first-order chi connectivity index (χ1) is 12.0. The van der Waals surface area contributed by atoms with Crippen molar-refractivity contribution < 1.29 is 4.79 Å². The maximum Gasteiger partial charge on any atom is 0.256 e. The van der Waals surface area contributed by atoms with E-state index in [0.29, 0.717) is 27.0 Å². The van der Waals surface area contributed by atoms with Crippen molar-refractivity contribution in [1.29, 1.82) is 0 Å². The van der Waals surface area contributed by atoms with Gasteiger partial charge >= 0.3 is 0 Å². The van der Waals surface area contributed by atoms with Gasteiger partial charge in [0.25, 0.3) is 5.91 Å². The van der Waals surface area contributed by atoms with Crippen LogP contribution in [0, 0.1) is 0 Å². The number of rotatable bonds is 5. The van der Waals surface area contributed by atoms with E-state index in [2.05, 4.69) is 11.4 Å². The molecular formula is C18H14Cl2N2OS2. The fourth-order valence-corrected chi connectivity index (χ4v) is 4.49. The van der Waals surface area contributed by atoms with Crippen LogP contribution < -0.4 is 11.1 Å². The zero-order valence-electron chi connectivity index (χ0n) is 13.0. The molecule has 0 unspecified atom stereocenters. The Bertz CT molecular complexity index is 875.